The summed E-state index contributed by atoms with van der Waals surface area (Å²) in [6.45, 7) is 0.838. The van der Waals surface area contributed by atoms with Crippen LogP contribution in [0.2, 0.25) is 10.0 Å². The van der Waals surface area contributed by atoms with E-state index >= 15 is 0 Å². The first kappa shape index (κ1) is 12.5. The maximum absolute atomic E-state index is 12.1. The molecule has 6 heteroatoms. The predicted octanol–water partition coefficient (Wildman–Crippen LogP) is 1.78. The van der Waals surface area contributed by atoms with Crippen LogP contribution < -0.4 is 5.73 Å². The minimum Gasteiger partial charge on any atom is -0.399 e. The van der Waals surface area contributed by atoms with Crippen molar-refractivity contribution < 1.29 is 9.90 Å². The highest BCUT2D eigenvalue weighted by molar-refractivity contribution is 6.44. The van der Waals surface area contributed by atoms with Gasteiger partial charge in [0.1, 0.15) is 0 Å². The summed E-state index contributed by atoms with van der Waals surface area (Å²) < 4.78 is 0. The van der Waals surface area contributed by atoms with E-state index in [1.807, 2.05) is 0 Å². The highest BCUT2D eigenvalue weighted by atomic mass is 35.5. The number of hydrogen-bond acceptors (Lipinski definition) is 3. The van der Waals surface area contributed by atoms with Crippen molar-refractivity contribution in [2.24, 2.45) is 0 Å². The van der Waals surface area contributed by atoms with Crippen molar-refractivity contribution in [3.8, 4) is 0 Å². The van der Waals surface area contributed by atoms with E-state index < -0.39 is 6.10 Å². The molecule has 0 aromatic heterocycles. The van der Waals surface area contributed by atoms with Gasteiger partial charge in [0.05, 0.1) is 21.7 Å². The van der Waals surface area contributed by atoms with Gasteiger partial charge in [-0.1, -0.05) is 23.2 Å². The summed E-state index contributed by atoms with van der Waals surface area (Å²) >= 11 is 11.8. The second-order valence-corrected chi connectivity index (χ2v) is 4.84. The number of benzene rings is 1. The van der Waals surface area contributed by atoms with Crippen LogP contribution >= 0.6 is 23.2 Å². The van der Waals surface area contributed by atoms with Gasteiger partial charge in [0.25, 0.3) is 5.91 Å². The van der Waals surface area contributed by atoms with E-state index in [-0.39, 0.29) is 21.5 Å². The number of aliphatic hydroxyl groups excluding tert-OH is 1. The SMILES string of the molecule is Nc1cc(Cl)c(Cl)c(C(=O)N2CC[C@H](O)C2)c1. The lowest BCUT2D eigenvalue weighted by atomic mass is 10.1. The van der Waals surface area contributed by atoms with Crippen molar-refractivity contribution in [1.29, 1.82) is 0 Å². The molecule has 0 bridgehead atoms. The molecule has 0 saturated carbocycles. The number of halogens is 2. The van der Waals surface area contributed by atoms with Gasteiger partial charge < -0.3 is 15.7 Å². The van der Waals surface area contributed by atoms with E-state index in [0.717, 1.165) is 0 Å². The van der Waals surface area contributed by atoms with Crippen LogP contribution in [0.3, 0.4) is 0 Å². The number of amides is 1. The molecule has 0 unspecified atom stereocenters. The molecule has 2 rings (SSSR count). The van der Waals surface area contributed by atoms with Crippen LogP contribution in [0.1, 0.15) is 16.8 Å². The molecule has 1 aliphatic rings. The van der Waals surface area contributed by atoms with E-state index in [1.54, 1.807) is 4.90 Å². The van der Waals surface area contributed by atoms with E-state index in [2.05, 4.69) is 0 Å². The number of hydrogen-bond donors (Lipinski definition) is 2. The third-order valence-corrected chi connectivity index (χ3v) is 3.53. The molecule has 92 valence electrons. The third-order valence-electron chi connectivity index (χ3n) is 2.73. The second kappa shape index (κ2) is 4.72. The van der Waals surface area contributed by atoms with Gasteiger partial charge in [-0.15, -0.1) is 0 Å². The Labute approximate surface area is 109 Å². The molecule has 0 aliphatic carbocycles. The molecule has 0 spiro atoms. The molecule has 1 aliphatic heterocycles. The van der Waals surface area contributed by atoms with Crippen molar-refractivity contribution in [2.45, 2.75) is 12.5 Å². The Kier molecular flexibility index (Phi) is 3.47. The zero-order valence-electron chi connectivity index (χ0n) is 8.99. The standard InChI is InChI=1S/C11H12Cl2N2O2/c12-9-4-6(14)3-8(10(9)13)11(17)15-2-1-7(16)5-15/h3-4,7,16H,1-2,5,14H2/t7-/m0/s1. The van der Waals surface area contributed by atoms with E-state index in [4.69, 9.17) is 28.9 Å². The van der Waals surface area contributed by atoms with Crippen LogP contribution in [0.15, 0.2) is 12.1 Å². The fraction of sp³-hybridized carbons (Fsp3) is 0.364. The van der Waals surface area contributed by atoms with Gasteiger partial charge in [0.15, 0.2) is 0 Å². The fourth-order valence-electron chi connectivity index (χ4n) is 1.86. The number of likely N-dealkylation sites (tertiary alicyclic amines) is 1. The molecule has 1 saturated heterocycles. The summed E-state index contributed by atoms with van der Waals surface area (Å²) in [6.07, 6.45) is 0.119. The molecule has 1 amide bonds. The Morgan fingerprint density at radius 2 is 2.18 bits per heavy atom. The summed E-state index contributed by atoms with van der Waals surface area (Å²) in [5.74, 6) is -0.249. The van der Waals surface area contributed by atoms with Crippen molar-refractivity contribution in [2.75, 3.05) is 18.8 Å². The van der Waals surface area contributed by atoms with Gasteiger partial charge in [0.2, 0.25) is 0 Å². The molecule has 1 fully saturated rings. The van der Waals surface area contributed by atoms with Crippen molar-refractivity contribution in [3.05, 3.63) is 27.7 Å². The molecule has 4 nitrogen and oxygen atoms in total. The number of β-amino-alcohol motifs (C(OH)–C–C–N with tert-alkyl or cyclic N) is 1. The Hall–Kier alpha value is -0.970. The molecule has 3 N–H and O–H groups in total. The number of carbonyl (C=O) groups is 1. The Morgan fingerprint density at radius 3 is 2.76 bits per heavy atom. The maximum Gasteiger partial charge on any atom is 0.255 e. The maximum atomic E-state index is 12.1. The van der Waals surface area contributed by atoms with Gasteiger partial charge in [-0.25, -0.2) is 0 Å². The minimum atomic E-state index is -0.464. The highest BCUT2D eigenvalue weighted by Gasteiger charge is 2.27. The lowest BCUT2D eigenvalue weighted by molar-refractivity contribution is 0.0765. The Balaban J connectivity index is 2.31. The summed E-state index contributed by atoms with van der Waals surface area (Å²) in [5.41, 5.74) is 6.30. The van der Waals surface area contributed by atoms with Gasteiger partial charge in [0, 0.05) is 18.8 Å². The first-order valence-electron chi connectivity index (χ1n) is 5.21. The monoisotopic (exact) mass is 274 g/mol. The van der Waals surface area contributed by atoms with Crippen LogP contribution in [0, 0.1) is 0 Å². The number of aliphatic hydroxyl groups is 1. The van der Waals surface area contributed by atoms with Gasteiger partial charge in [-0.3, -0.25) is 4.79 Å². The number of nitrogens with zero attached hydrogens (tertiary/aromatic N) is 1. The largest absolute Gasteiger partial charge is 0.399 e. The summed E-state index contributed by atoms with van der Waals surface area (Å²) in [5, 5.41) is 9.86. The summed E-state index contributed by atoms with van der Waals surface area (Å²) in [4.78, 5) is 13.7. The first-order valence-corrected chi connectivity index (χ1v) is 5.96. The van der Waals surface area contributed by atoms with Gasteiger partial charge >= 0.3 is 0 Å². The van der Waals surface area contributed by atoms with E-state index in [0.29, 0.717) is 25.2 Å². The molecule has 17 heavy (non-hydrogen) atoms. The average Bonchev–Trinajstić information content (AvgIpc) is 2.69. The van der Waals surface area contributed by atoms with Crippen LogP contribution in [0.5, 0.6) is 0 Å². The Morgan fingerprint density at radius 1 is 1.47 bits per heavy atom. The van der Waals surface area contributed by atoms with Crippen LogP contribution in [-0.2, 0) is 0 Å². The Bertz CT molecular complexity index is 465. The zero-order valence-corrected chi connectivity index (χ0v) is 10.5. The normalized spacial score (nSPS) is 19.7. The van der Waals surface area contributed by atoms with Crippen LogP contribution in [-0.4, -0.2) is 35.1 Å². The van der Waals surface area contributed by atoms with Crippen molar-refractivity contribution >= 4 is 34.8 Å². The fourth-order valence-corrected chi connectivity index (χ4v) is 2.28. The average molecular weight is 275 g/mol. The van der Waals surface area contributed by atoms with Crippen molar-refractivity contribution in [1.82, 2.24) is 4.90 Å². The molecular weight excluding hydrogens is 263 g/mol. The van der Waals surface area contributed by atoms with Crippen LogP contribution in [0.4, 0.5) is 5.69 Å². The summed E-state index contributed by atoms with van der Waals surface area (Å²) in [6, 6.07) is 3.00. The number of carbonyl (C=O) groups excluding carboxylic acids is 1. The van der Waals surface area contributed by atoms with Gasteiger partial charge in [-0.05, 0) is 18.6 Å². The minimum absolute atomic E-state index is 0.201. The molecule has 1 aromatic rings. The number of anilines is 1. The predicted molar refractivity (Wildman–Crippen MR) is 67.4 cm³/mol. The molecule has 1 heterocycles. The number of rotatable bonds is 1. The molecular formula is C11H12Cl2N2O2. The highest BCUT2D eigenvalue weighted by Crippen LogP contribution is 2.30. The topological polar surface area (TPSA) is 66.6 Å². The lowest BCUT2D eigenvalue weighted by Crippen LogP contribution is -2.29. The lowest BCUT2D eigenvalue weighted by Gasteiger charge is -2.17. The number of nitrogens with two attached hydrogens (primary N) is 1. The quantitative estimate of drug-likeness (QED) is 0.768. The van der Waals surface area contributed by atoms with Gasteiger partial charge in [-0.2, -0.15) is 0 Å². The van der Waals surface area contributed by atoms with Crippen molar-refractivity contribution in [3.63, 3.8) is 0 Å². The van der Waals surface area contributed by atoms with Crippen LogP contribution in [0.25, 0.3) is 0 Å². The van der Waals surface area contributed by atoms with E-state index in [1.165, 1.54) is 12.1 Å². The second-order valence-electron chi connectivity index (χ2n) is 4.06. The third kappa shape index (κ3) is 2.49. The first-order chi connectivity index (χ1) is 7.99. The van der Waals surface area contributed by atoms with E-state index in [9.17, 15) is 9.90 Å². The molecule has 1 aromatic carbocycles. The smallest absolute Gasteiger partial charge is 0.255 e. The molecule has 0 radical (unpaired) electrons. The summed E-state index contributed by atoms with van der Waals surface area (Å²) in [7, 11) is 0. The zero-order chi connectivity index (χ0) is 12.6. The molecule has 1 atom stereocenters. The number of nitrogen functional groups attached to an aromatic ring is 1.